The second-order valence-electron chi connectivity index (χ2n) is 3.02. The molecule has 1 aromatic heterocycles. The van der Waals surface area contributed by atoms with Crippen LogP contribution in [-0.4, -0.2) is 41.2 Å². The van der Waals surface area contributed by atoms with E-state index in [2.05, 4.69) is 10.4 Å². The molecule has 0 aliphatic heterocycles. The molecule has 0 aliphatic rings. The molecule has 1 aromatic rings. The summed E-state index contributed by atoms with van der Waals surface area (Å²) in [5, 5.41) is 7.00. The molecule has 0 unspecified atom stereocenters. The molecule has 5 heteroatoms. The highest BCUT2D eigenvalue weighted by Gasteiger charge is 2.03. The van der Waals surface area contributed by atoms with E-state index in [-0.39, 0.29) is 12.5 Å². The number of nitrogens with one attached hydrogen (secondary N) is 1. The molecule has 1 rings (SSSR count). The van der Waals surface area contributed by atoms with E-state index >= 15 is 0 Å². The molecule has 1 amide bonds. The molecule has 0 atom stereocenters. The smallest absolute Gasteiger partial charge is 0.241 e. The van der Waals surface area contributed by atoms with Gasteiger partial charge in [0.25, 0.3) is 0 Å². The average Bonchev–Trinajstić information content (AvgIpc) is 2.47. The van der Waals surface area contributed by atoms with E-state index in [9.17, 15) is 4.79 Å². The number of amides is 1. The van der Waals surface area contributed by atoms with Crippen molar-refractivity contribution in [2.24, 2.45) is 7.05 Å². The first-order chi connectivity index (χ1) is 6.09. The lowest BCUT2D eigenvalue weighted by Gasteiger charge is -2.09. The number of aromatic nitrogens is 2. The lowest BCUT2D eigenvalue weighted by molar-refractivity contribution is -0.126. The number of nitrogens with zero attached hydrogens (tertiary/aromatic N) is 3. The summed E-state index contributed by atoms with van der Waals surface area (Å²) in [4.78, 5) is 12.7. The van der Waals surface area contributed by atoms with Crippen LogP contribution in [0.15, 0.2) is 12.3 Å². The van der Waals surface area contributed by atoms with Crippen molar-refractivity contribution in [3.8, 4) is 0 Å². The summed E-state index contributed by atoms with van der Waals surface area (Å²) in [7, 11) is 5.28. The summed E-state index contributed by atoms with van der Waals surface area (Å²) in [6, 6.07) is 1.82. The van der Waals surface area contributed by atoms with Crippen LogP contribution in [0.4, 0.5) is 5.82 Å². The zero-order valence-electron chi connectivity index (χ0n) is 8.11. The molecule has 0 bridgehead atoms. The van der Waals surface area contributed by atoms with E-state index in [1.54, 1.807) is 18.8 Å². The summed E-state index contributed by atoms with van der Waals surface area (Å²) < 4.78 is 1.68. The van der Waals surface area contributed by atoms with Gasteiger partial charge in [0, 0.05) is 33.4 Å². The fourth-order valence-corrected chi connectivity index (χ4v) is 0.834. The minimum absolute atomic E-state index is 0.0330. The van der Waals surface area contributed by atoms with Crippen LogP contribution in [-0.2, 0) is 11.8 Å². The molecule has 0 fully saturated rings. The van der Waals surface area contributed by atoms with Crippen LogP contribution in [0.5, 0.6) is 0 Å². The SMILES string of the molecule is CN(C)C(=O)CNc1ccn(C)n1. The summed E-state index contributed by atoms with van der Waals surface area (Å²) in [5.74, 6) is 0.753. The van der Waals surface area contributed by atoms with Gasteiger partial charge in [0.05, 0.1) is 6.54 Å². The highest BCUT2D eigenvalue weighted by Crippen LogP contribution is 1.99. The molecule has 0 aromatic carbocycles. The molecule has 0 saturated carbocycles. The van der Waals surface area contributed by atoms with Gasteiger partial charge in [-0.3, -0.25) is 9.48 Å². The molecule has 5 nitrogen and oxygen atoms in total. The maximum Gasteiger partial charge on any atom is 0.241 e. The van der Waals surface area contributed by atoms with Crippen LogP contribution in [0.2, 0.25) is 0 Å². The molecule has 0 aliphatic carbocycles. The van der Waals surface area contributed by atoms with Crippen molar-refractivity contribution in [1.82, 2.24) is 14.7 Å². The normalized spacial score (nSPS) is 9.77. The molecule has 1 N–H and O–H groups in total. The van der Waals surface area contributed by atoms with Crippen LogP contribution in [0, 0.1) is 0 Å². The van der Waals surface area contributed by atoms with E-state index in [4.69, 9.17) is 0 Å². The van der Waals surface area contributed by atoms with Crippen molar-refractivity contribution < 1.29 is 4.79 Å². The Morgan fingerprint density at radius 2 is 2.38 bits per heavy atom. The van der Waals surface area contributed by atoms with Crippen LogP contribution in [0.3, 0.4) is 0 Å². The second-order valence-corrected chi connectivity index (χ2v) is 3.02. The molecule has 1 heterocycles. The predicted octanol–water partition coefficient (Wildman–Crippen LogP) is -0.0798. The third-order valence-electron chi connectivity index (χ3n) is 1.63. The van der Waals surface area contributed by atoms with Crippen LogP contribution >= 0.6 is 0 Å². The Morgan fingerprint density at radius 3 is 2.85 bits per heavy atom. The van der Waals surface area contributed by atoms with E-state index < -0.39 is 0 Å². The fourth-order valence-electron chi connectivity index (χ4n) is 0.834. The third kappa shape index (κ3) is 2.77. The van der Waals surface area contributed by atoms with Crippen molar-refractivity contribution in [2.75, 3.05) is 26.0 Å². The van der Waals surface area contributed by atoms with Crippen molar-refractivity contribution in [3.63, 3.8) is 0 Å². The number of carbonyl (C=O) groups is 1. The molecular weight excluding hydrogens is 168 g/mol. The third-order valence-corrected chi connectivity index (χ3v) is 1.63. The Hall–Kier alpha value is -1.52. The van der Waals surface area contributed by atoms with Gasteiger partial charge in [-0.1, -0.05) is 0 Å². The highest BCUT2D eigenvalue weighted by atomic mass is 16.2. The standard InChI is InChI=1S/C8H14N4O/c1-11(2)8(13)6-9-7-4-5-12(3)10-7/h4-5H,6H2,1-3H3,(H,9,10). The average molecular weight is 182 g/mol. The topological polar surface area (TPSA) is 50.2 Å². The largest absolute Gasteiger partial charge is 0.360 e. The minimum Gasteiger partial charge on any atom is -0.360 e. The molecular formula is C8H14N4O. The number of aryl methyl sites for hydroxylation is 1. The van der Waals surface area contributed by atoms with Crippen molar-refractivity contribution in [2.45, 2.75) is 0 Å². The van der Waals surface area contributed by atoms with Crippen LogP contribution in [0.25, 0.3) is 0 Å². The first kappa shape index (κ1) is 9.57. The van der Waals surface area contributed by atoms with Gasteiger partial charge in [-0.15, -0.1) is 0 Å². The van der Waals surface area contributed by atoms with Crippen LogP contribution in [0.1, 0.15) is 0 Å². The Balaban J connectivity index is 2.39. The first-order valence-corrected chi connectivity index (χ1v) is 4.03. The maximum absolute atomic E-state index is 11.2. The van der Waals surface area contributed by atoms with E-state index in [1.807, 2.05) is 19.3 Å². The summed E-state index contributed by atoms with van der Waals surface area (Å²) in [6.45, 7) is 0.282. The Kier molecular flexibility index (Phi) is 2.89. The molecule has 72 valence electrons. The van der Waals surface area contributed by atoms with E-state index in [0.29, 0.717) is 0 Å². The molecule has 0 spiro atoms. The maximum atomic E-state index is 11.2. The zero-order valence-corrected chi connectivity index (χ0v) is 8.11. The molecule has 0 saturated heterocycles. The summed E-state index contributed by atoms with van der Waals surface area (Å²) >= 11 is 0. The van der Waals surface area contributed by atoms with Crippen molar-refractivity contribution >= 4 is 11.7 Å². The monoisotopic (exact) mass is 182 g/mol. The molecule has 0 radical (unpaired) electrons. The number of anilines is 1. The van der Waals surface area contributed by atoms with Gasteiger partial charge < -0.3 is 10.2 Å². The second kappa shape index (κ2) is 3.93. The van der Waals surface area contributed by atoms with Gasteiger partial charge in [0.2, 0.25) is 5.91 Å². The highest BCUT2D eigenvalue weighted by molar-refractivity contribution is 5.79. The first-order valence-electron chi connectivity index (χ1n) is 4.03. The predicted molar refractivity (Wildman–Crippen MR) is 50.4 cm³/mol. The minimum atomic E-state index is 0.0330. The van der Waals surface area contributed by atoms with Gasteiger partial charge in [-0.25, -0.2) is 0 Å². The van der Waals surface area contributed by atoms with Crippen molar-refractivity contribution in [3.05, 3.63) is 12.3 Å². The van der Waals surface area contributed by atoms with Gasteiger partial charge in [-0.2, -0.15) is 5.10 Å². The lowest BCUT2D eigenvalue weighted by atomic mass is 10.5. The number of hydrogen-bond donors (Lipinski definition) is 1. The summed E-state index contributed by atoms with van der Waals surface area (Å²) in [6.07, 6.45) is 1.82. The Morgan fingerprint density at radius 1 is 1.69 bits per heavy atom. The number of hydrogen-bond acceptors (Lipinski definition) is 3. The molecule has 13 heavy (non-hydrogen) atoms. The summed E-state index contributed by atoms with van der Waals surface area (Å²) in [5.41, 5.74) is 0. The lowest BCUT2D eigenvalue weighted by Crippen LogP contribution is -2.28. The van der Waals surface area contributed by atoms with Gasteiger partial charge in [0.15, 0.2) is 0 Å². The van der Waals surface area contributed by atoms with Gasteiger partial charge >= 0.3 is 0 Å². The van der Waals surface area contributed by atoms with E-state index in [0.717, 1.165) is 5.82 Å². The number of rotatable bonds is 3. The van der Waals surface area contributed by atoms with Crippen LogP contribution < -0.4 is 5.32 Å². The van der Waals surface area contributed by atoms with E-state index in [1.165, 1.54) is 4.90 Å². The van der Waals surface area contributed by atoms with Gasteiger partial charge in [0.1, 0.15) is 5.82 Å². The number of likely N-dealkylation sites (N-methyl/N-ethyl adjacent to an activating group) is 1. The van der Waals surface area contributed by atoms with Crippen molar-refractivity contribution in [1.29, 1.82) is 0 Å². The fraction of sp³-hybridized carbons (Fsp3) is 0.500. The zero-order chi connectivity index (χ0) is 9.84. The van der Waals surface area contributed by atoms with Gasteiger partial charge in [-0.05, 0) is 0 Å². The Labute approximate surface area is 77.3 Å². The Bertz CT molecular complexity index is 292. The quantitative estimate of drug-likeness (QED) is 0.711. The number of carbonyl (C=O) groups excluding carboxylic acids is 1.